The molecule has 0 atom stereocenters. The first kappa shape index (κ1) is 23.3. The van der Waals surface area contributed by atoms with Crippen LogP contribution in [0.25, 0.3) is 0 Å². The van der Waals surface area contributed by atoms with Gasteiger partial charge in [0.05, 0.1) is 21.8 Å². The summed E-state index contributed by atoms with van der Waals surface area (Å²) in [6, 6.07) is 6.98. The van der Waals surface area contributed by atoms with Gasteiger partial charge in [-0.15, -0.1) is 35.3 Å². The Balaban J connectivity index is 0.00000300. The number of carbonyl (C=O) groups excluding carboxylic acids is 2. The maximum Gasteiger partial charge on any atom is 0.261 e. The number of guanidine groups is 1. The molecular formula is C20H26IN5O2S. The van der Waals surface area contributed by atoms with Gasteiger partial charge in [-0.2, -0.15) is 0 Å². The lowest BCUT2D eigenvalue weighted by molar-refractivity contribution is 0.0652. The van der Waals surface area contributed by atoms with Crippen LogP contribution in [0.3, 0.4) is 0 Å². The minimum Gasteiger partial charge on any atom is -0.356 e. The summed E-state index contributed by atoms with van der Waals surface area (Å²) < 4.78 is 0. The number of aliphatic imine (C=N–C) groups is 1. The van der Waals surface area contributed by atoms with Gasteiger partial charge >= 0.3 is 0 Å². The van der Waals surface area contributed by atoms with Crippen molar-refractivity contribution in [1.29, 1.82) is 0 Å². The van der Waals surface area contributed by atoms with Crippen LogP contribution in [0.1, 0.15) is 44.3 Å². The Morgan fingerprint density at radius 3 is 2.34 bits per heavy atom. The zero-order valence-corrected chi connectivity index (χ0v) is 19.8. The average molecular weight is 527 g/mol. The molecule has 1 aliphatic heterocycles. The monoisotopic (exact) mass is 527 g/mol. The van der Waals surface area contributed by atoms with Crippen LogP contribution in [-0.2, 0) is 6.42 Å². The summed E-state index contributed by atoms with van der Waals surface area (Å²) in [6.45, 7) is 3.92. The molecule has 9 heteroatoms. The van der Waals surface area contributed by atoms with Crippen LogP contribution in [0.2, 0.25) is 0 Å². The highest BCUT2D eigenvalue weighted by Gasteiger charge is 2.34. The van der Waals surface area contributed by atoms with E-state index in [2.05, 4.69) is 26.0 Å². The summed E-state index contributed by atoms with van der Waals surface area (Å²) in [7, 11) is 1.74. The molecule has 0 spiro atoms. The number of halogens is 1. The van der Waals surface area contributed by atoms with Gasteiger partial charge < -0.3 is 10.6 Å². The number of amides is 2. The molecule has 0 saturated heterocycles. The smallest absolute Gasteiger partial charge is 0.261 e. The van der Waals surface area contributed by atoms with Crippen molar-refractivity contribution in [3.8, 4) is 0 Å². The Morgan fingerprint density at radius 2 is 1.76 bits per heavy atom. The van der Waals surface area contributed by atoms with E-state index < -0.39 is 0 Å². The molecular weight excluding hydrogens is 501 g/mol. The molecule has 1 aliphatic rings. The van der Waals surface area contributed by atoms with Crippen molar-refractivity contribution in [2.75, 3.05) is 26.7 Å². The molecule has 7 nitrogen and oxygen atoms in total. The third-order valence-corrected chi connectivity index (χ3v) is 5.37. The van der Waals surface area contributed by atoms with E-state index in [4.69, 9.17) is 0 Å². The molecule has 156 valence electrons. The first-order valence-corrected chi connectivity index (χ1v) is 10.3. The lowest BCUT2D eigenvalue weighted by Crippen LogP contribution is -2.39. The SMILES string of the molecule is CN=C(NCCCCN1C(=O)c2ccccc2C1=O)NCCc1csc(C)n1.I. The summed E-state index contributed by atoms with van der Waals surface area (Å²) >= 11 is 1.66. The Labute approximate surface area is 192 Å². The molecule has 0 saturated carbocycles. The normalized spacial score (nSPS) is 13.3. The Hall–Kier alpha value is -2.01. The van der Waals surface area contributed by atoms with Gasteiger partial charge in [-0.1, -0.05) is 12.1 Å². The average Bonchev–Trinajstić information content (AvgIpc) is 3.22. The molecule has 2 aromatic rings. The summed E-state index contributed by atoms with van der Waals surface area (Å²) in [4.78, 5) is 34.6. The number of unbranched alkanes of at least 4 members (excludes halogenated alkanes) is 1. The lowest BCUT2D eigenvalue weighted by Gasteiger charge is -2.14. The van der Waals surface area contributed by atoms with Crippen LogP contribution in [0, 0.1) is 6.92 Å². The molecule has 2 amide bonds. The molecule has 29 heavy (non-hydrogen) atoms. The molecule has 0 radical (unpaired) electrons. The minimum absolute atomic E-state index is 0. The molecule has 3 rings (SSSR count). The van der Waals surface area contributed by atoms with Crippen molar-refractivity contribution in [2.45, 2.75) is 26.2 Å². The van der Waals surface area contributed by atoms with Crippen molar-refractivity contribution in [3.05, 3.63) is 51.5 Å². The highest BCUT2D eigenvalue weighted by molar-refractivity contribution is 14.0. The summed E-state index contributed by atoms with van der Waals surface area (Å²) in [6.07, 6.45) is 2.43. The number of nitrogens with zero attached hydrogens (tertiary/aromatic N) is 3. The lowest BCUT2D eigenvalue weighted by atomic mass is 10.1. The molecule has 0 fully saturated rings. The molecule has 0 unspecified atom stereocenters. The van der Waals surface area contributed by atoms with E-state index in [9.17, 15) is 9.59 Å². The Morgan fingerprint density at radius 1 is 1.10 bits per heavy atom. The topological polar surface area (TPSA) is 86.7 Å². The predicted molar refractivity (Wildman–Crippen MR) is 126 cm³/mol. The van der Waals surface area contributed by atoms with E-state index in [1.54, 1.807) is 42.6 Å². The van der Waals surface area contributed by atoms with E-state index in [-0.39, 0.29) is 35.8 Å². The summed E-state index contributed by atoms with van der Waals surface area (Å²) in [5.74, 6) is 0.360. The van der Waals surface area contributed by atoms with Gasteiger partial charge in [-0.05, 0) is 31.9 Å². The number of imide groups is 1. The molecule has 1 aromatic carbocycles. The Bertz CT molecular complexity index is 848. The van der Waals surface area contributed by atoms with Crippen LogP contribution < -0.4 is 10.6 Å². The largest absolute Gasteiger partial charge is 0.356 e. The van der Waals surface area contributed by atoms with E-state index in [1.807, 2.05) is 6.92 Å². The van der Waals surface area contributed by atoms with Crippen LogP contribution in [0.5, 0.6) is 0 Å². The number of hydrogen-bond acceptors (Lipinski definition) is 5. The quantitative estimate of drug-likeness (QED) is 0.181. The zero-order chi connectivity index (χ0) is 19.9. The minimum atomic E-state index is -0.191. The highest BCUT2D eigenvalue weighted by Crippen LogP contribution is 2.22. The fourth-order valence-electron chi connectivity index (χ4n) is 3.10. The van der Waals surface area contributed by atoms with Crippen molar-refractivity contribution in [2.24, 2.45) is 4.99 Å². The maximum absolute atomic E-state index is 12.3. The van der Waals surface area contributed by atoms with Crippen LogP contribution in [0.4, 0.5) is 0 Å². The number of carbonyl (C=O) groups is 2. The van der Waals surface area contributed by atoms with Gasteiger partial charge in [0.15, 0.2) is 5.96 Å². The number of aryl methyl sites for hydroxylation is 1. The van der Waals surface area contributed by atoms with Gasteiger partial charge in [0.25, 0.3) is 11.8 Å². The fourth-order valence-corrected chi connectivity index (χ4v) is 3.74. The molecule has 1 aromatic heterocycles. The number of benzene rings is 1. The third-order valence-electron chi connectivity index (χ3n) is 4.54. The number of hydrogen-bond donors (Lipinski definition) is 2. The van der Waals surface area contributed by atoms with Gasteiger partial charge in [0.2, 0.25) is 0 Å². The number of fused-ring (bicyclic) bond motifs is 1. The van der Waals surface area contributed by atoms with Crippen molar-refractivity contribution in [1.82, 2.24) is 20.5 Å². The first-order chi connectivity index (χ1) is 13.6. The second kappa shape index (κ2) is 11.2. The van der Waals surface area contributed by atoms with Crippen LogP contribution in [-0.4, -0.2) is 54.3 Å². The van der Waals surface area contributed by atoms with E-state index in [0.29, 0.717) is 17.7 Å². The maximum atomic E-state index is 12.3. The zero-order valence-electron chi connectivity index (χ0n) is 16.6. The van der Waals surface area contributed by atoms with Crippen molar-refractivity contribution in [3.63, 3.8) is 0 Å². The molecule has 0 bridgehead atoms. The second-order valence-electron chi connectivity index (χ2n) is 6.55. The van der Waals surface area contributed by atoms with E-state index >= 15 is 0 Å². The van der Waals surface area contributed by atoms with Gasteiger partial charge in [0.1, 0.15) is 0 Å². The standard InChI is InChI=1S/C20H25N5O2S.HI/c1-14-24-15(13-28-14)9-11-23-20(21-2)22-10-5-6-12-25-18(26)16-7-3-4-8-17(16)19(25)27;/h3-4,7-8,13H,5-6,9-12H2,1-2H3,(H2,21,22,23);1H. The molecule has 2 heterocycles. The van der Waals surface area contributed by atoms with Crippen molar-refractivity contribution < 1.29 is 9.59 Å². The fraction of sp³-hybridized carbons (Fsp3) is 0.400. The Kier molecular flexibility index (Phi) is 9.02. The van der Waals surface area contributed by atoms with E-state index in [1.165, 1.54) is 4.90 Å². The number of rotatable bonds is 8. The summed E-state index contributed by atoms with van der Waals surface area (Å²) in [5, 5.41) is 9.68. The number of nitrogens with one attached hydrogen (secondary N) is 2. The van der Waals surface area contributed by atoms with Gasteiger partial charge in [-0.25, -0.2) is 4.98 Å². The number of aromatic nitrogens is 1. The molecule has 2 N–H and O–H groups in total. The van der Waals surface area contributed by atoms with Crippen molar-refractivity contribution >= 4 is 53.1 Å². The second-order valence-corrected chi connectivity index (χ2v) is 7.61. The predicted octanol–water partition coefficient (Wildman–Crippen LogP) is 2.85. The highest BCUT2D eigenvalue weighted by atomic mass is 127. The third kappa shape index (κ3) is 5.99. The summed E-state index contributed by atoms with van der Waals surface area (Å²) in [5.41, 5.74) is 2.10. The van der Waals surface area contributed by atoms with Gasteiger partial charge in [-0.3, -0.25) is 19.5 Å². The van der Waals surface area contributed by atoms with E-state index in [0.717, 1.165) is 49.0 Å². The number of thiazole rings is 1. The van der Waals surface area contributed by atoms with Gasteiger partial charge in [0, 0.05) is 38.5 Å². The molecule has 0 aliphatic carbocycles. The van der Waals surface area contributed by atoms with Crippen LogP contribution in [0.15, 0.2) is 34.6 Å². The first-order valence-electron chi connectivity index (χ1n) is 9.41. The van der Waals surface area contributed by atoms with Crippen LogP contribution >= 0.6 is 35.3 Å².